The van der Waals surface area contributed by atoms with Crippen molar-refractivity contribution in [1.82, 2.24) is 9.97 Å². The van der Waals surface area contributed by atoms with Gasteiger partial charge in [0.1, 0.15) is 11.7 Å². The fraction of sp³-hybridized carbons (Fsp3) is 0.196. The summed E-state index contributed by atoms with van der Waals surface area (Å²) >= 11 is 0. The molecular weight excluding hydrogens is 880 g/mol. The Morgan fingerprint density at radius 1 is 0.719 bits per heavy atom. The van der Waals surface area contributed by atoms with Crippen LogP contribution in [-0.2, 0) is 52.2 Å². The summed E-state index contributed by atoms with van der Waals surface area (Å²) in [5.41, 5.74) is 15.5. The molecule has 0 saturated heterocycles. The van der Waals surface area contributed by atoms with Gasteiger partial charge in [-0.3, -0.25) is 0 Å². The number of hydrogen-bond acceptors (Lipinski definition) is 5. The number of amidine groups is 1. The zero-order valence-corrected chi connectivity index (χ0v) is 34.4. The summed E-state index contributed by atoms with van der Waals surface area (Å²) in [5.74, 6) is 2.82. The van der Waals surface area contributed by atoms with Gasteiger partial charge in [0.05, 0.1) is 5.69 Å². The van der Waals surface area contributed by atoms with E-state index in [1.54, 1.807) is 0 Å². The van der Waals surface area contributed by atoms with E-state index >= 15 is 0 Å². The topological polar surface area (TPSA) is 50.6 Å². The number of benzene rings is 5. The summed E-state index contributed by atoms with van der Waals surface area (Å²) < 4.78 is 6.83. The molecule has 4 aliphatic rings. The van der Waals surface area contributed by atoms with Crippen molar-refractivity contribution in [1.29, 1.82) is 0 Å². The average Bonchev–Trinajstić information content (AvgIpc) is 3.95. The number of nitrogens with zero attached hydrogens (tertiary/aromatic N) is 4. The minimum absolute atomic E-state index is 0. The van der Waals surface area contributed by atoms with Crippen LogP contribution < -0.4 is 9.64 Å². The van der Waals surface area contributed by atoms with Gasteiger partial charge >= 0.3 is 21.1 Å². The van der Waals surface area contributed by atoms with Crippen LogP contribution in [-0.4, -0.2) is 15.8 Å². The summed E-state index contributed by atoms with van der Waals surface area (Å²) in [6.07, 6.45) is 6.36. The summed E-state index contributed by atoms with van der Waals surface area (Å²) in [4.78, 5) is 17.3. The molecule has 6 heteroatoms. The quantitative estimate of drug-likeness (QED) is 0.161. The Morgan fingerprint density at radius 3 is 2.25 bits per heavy atom. The minimum Gasteiger partial charge on any atom is -0.459 e. The molecule has 4 heterocycles. The molecule has 0 radical (unpaired) electrons. The Balaban J connectivity index is 0.00000396. The number of pyridine rings is 2. The van der Waals surface area contributed by atoms with Gasteiger partial charge in [-0.15, -0.1) is 17.2 Å². The SMILES string of the molecule is CC(C)(C)c1cc(Oc2[c-]c(-c3ccccn3)cc(-c3ccc4c(c3)CC3(Cc5ccccc5C3)C4)c2)nc(N2C3=Nc4ccccc4C3c3ccc[c-]c32)c1.[Pt+2]. The summed E-state index contributed by atoms with van der Waals surface area (Å²) in [6, 6.07) is 52.2. The first kappa shape index (κ1) is 35.8. The van der Waals surface area contributed by atoms with Gasteiger partial charge in [-0.2, -0.15) is 29.2 Å². The number of para-hydroxylation sites is 2. The molecule has 5 nitrogen and oxygen atoms in total. The predicted molar refractivity (Wildman–Crippen MR) is 223 cm³/mol. The van der Waals surface area contributed by atoms with Crippen molar-refractivity contribution in [3.63, 3.8) is 0 Å². The molecule has 57 heavy (non-hydrogen) atoms. The van der Waals surface area contributed by atoms with E-state index in [0.29, 0.717) is 11.6 Å². The van der Waals surface area contributed by atoms with Crippen LogP contribution in [0.3, 0.4) is 0 Å². The molecule has 0 bridgehead atoms. The average molecular weight is 920 g/mol. The summed E-state index contributed by atoms with van der Waals surface area (Å²) in [5, 5.41) is 0. The molecule has 11 rings (SSSR count). The normalized spacial score (nSPS) is 16.6. The molecule has 1 unspecified atom stereocenters. The molecule has 5 aromatic carbocycles. The Hall–Kier alpha value is -5.64. The van der Waals surface area contributed by atoms with E-state index in [1.807, 2.05) is 30.5 Å². The molecular formula is C51H40N4OPt. The zero-order chi connectivity index (χ0) is 37.6. The monoisotopic (exact) mass is 919 g/mol. The second kappa shape index (κ2) is 13.5. The van der Waals surface area contributed by atoms with Gasteiger partial charge in [-0.25, -0.2) is 4.99 Å². The molecule has 1 spiro atoms. The van der Waals surface area contributed by atoms with Crippen LogP contribution in [0.25, 0.3) is 22.4 Å². The summed E-state index contributed by atoms with van der Waals surface area (Å²) in [6.45, 7) is 6.67. The third kappa shape index (κ3) is 6.15. The Labute approximate surface area is 348 Å². The molecule has 1 atom stereocenters. The first-order chi connectivity index (χ1) is 27.3. The van der Waals surface area contributed by atoms with E-state index in [4.69, 9.17) is 19.7 Å². The van der Waals surface area contributed by atoms with E-state index in [-0.39, 0.29) is 37.8 Å². The van der Waals surface area contributed by atoms with Gasteiger partial charge < -0.3 is 14.6 Å². The van der Waals surface area contributed by atoms with Gasteiger partial charge in [-0.1, -0.05) is 117 Å². The predicted octanol–water partition coefficient (Wildman–Crippen LogP) is 11.7. The van der Waals surface area contributed by atoms with Gasteiger partial charge in [0.2, 0.25) is 5.88 Å². The molecule has 0 N–H and O–H groups in total. The van der Waals surface area contributed by atoms with E-state index in [1.165, 1.54) is 38.9 Å². The first-order valence-electron chi connectivity index (χ1n) is 19.6. The molecule has 0 fully saturated rings. The third-order valence-electron chi connectivity index (χ3n) is 12.2. The van der Waals surface area contributed by atoms with Crippen molar-refractivity contribution < 1.29 is 25.8 Å². The van der Waals surface area contributed by atoms with Gasteiger partial charge in [-0.05, 0) is 99.4 Å². The van der Waals surface area contributed by atoms with Crippen LogP contribution >= 0.6 is 0 Å². The number of hydrogen-bond donors (Lipinski definition) is 0. The van der Waals surface area contributed by atoms with Crippen molar-refractivity contribution in [2.24, 2.45) is 10.4 Å². The number of rotatable bonds is 5. The second-order valence-corrected chi connectivity index (χ2v) is 17.0. The van der Waals surface area contributed by atoms with Crippen molar-refractivity contribution in [3.05, 3.63) is 185 Å². The maximum absolute atomic E-state index is 6.83. The van der Waals surface area contributed by atoms with Crippen LogP contribution in [0.5, 0.6) is 11.6 Å². The second-order valence-electron chi connectivity index (χ2n) is 17.0. The molecule has 2 aliphatic heterocycles. The van der Waals surface area contributed by atoms with Crippen molar-refractivity contribution in [2.45, 2.75) is 57.8 Å². The smallest absolute Gasteiger partial charge is 0.459 e. The number of fused-ring (bicyclic) bond motifs is 7. The van der Waals surface area contributed by atoms with Crippen LogP contribution in [0.1, 0.15) is 65.6 Å². The minimum atomic E-state index is -0.175. The van der Waals surface area contributed by atoms with E-state index < -0.39 is 0 Å². The third-order valence-corrected chi connectivity index (χ3v) is 12.2. The molecule has 280 valence electrons. The Kier molecular flexibility index (Phi) is 8.46. The van der Waals surface area contributed by atoms with Crippen LogP contribution in [0.15, 0.2) is 139 Å². The van der Waals surface area contributed by atoms with Crippen LogP contribution in [0, 0.1) is 17.5 Å². The molecule has 0 saturated carbocycles. The van der Waals surface area contributed by atoms with Gasteiger partial charge in [0, 0.05) is 23.9 Å². The van der Waals surface area contributed by atoms with Crippen molar-refractivity contribution in [2.75, 3.05) is 4.90 Å². The number of aliphatic imine (C=N–C) groups is 1. The molecule has 2 aliphatic carbocycles. The van der Waals surface area contributed by atoms with Crippen LogP contribution in [0.4, 0.5) is 17.2 Å². The number of ether oxygens (including phenoxy) is 1. The fourth-order valence-electron chi connectivity index (χ4n) is 9.53. The largest absolute Gasteiger partial charge is 2.00 e. The number of aromatic nitrogens is 2. The van der Waals surface area contributed by atoms with E-state index in [2.05, 4.69) is 141 Å². The van der Waals surface area contributed by atoms with Crippen LogP contribution in [0.2, 0.25) is 0 Å². The fourth-order valence-corrected chi connectivity index (χ4v) is 9.53. The first-order valence-corrected chi connectivity index (χ1v) is 19.6. The maximum Gasteiger partial charge on any atom is 2.00 e. The van der Waals surface area contributed by atoms with E-state index in [9.17, 15) is 0 Å². The van der Waals surface area contributed by atoms with E-state index in [0.717, 1.165) is 71.1 Å². The Morgan fingerprint density at radius 2 is 1.46 bits per heavy atom. The Bertz CT molecular complexity index is 2730. The molecule has 2 aromatic heterocycles. The number of anilines is 2. The maximum atomic E-state index is 6.83. The molecule has 7 aromatic rings. The standard InChI is InChI=1S/C51H40N4O.Pt/c1-50(2,3)39-26-46(55-45-18-9-7-15-42(45)48-41-14-6-8-17-44(41)53-49(48)55)54-47(27-39)56-40-24-36(23-37(25-40)43-16-10-11-21-52-43)32-19-20-35-30-51(31-38(35)22-32)28-33-12-4-5-13-34(33)29-51;/h4-17,19-24,26-27,48H,28-31H2,1-3H3;/q-2;+2. The zero-order valence-electron chi connectivity index (χ0n) is 32.1. The summed E-state index contributed by atoms with van der Waals surface area (Å²) in [7, 11) is 0. The van der Waals surface area contributed by atoms with Gasteiger partial charge in [0.25, 0.3) is 0 Å². The van der Waals surface area contributed by atoms with Gasteiger partial charge in [0.15, 0.2) is 0 Å². The van der Waals surface area contributed by atoms with Crippen molar-refractivity contribution >= 4 is 23.0 Å². The van der Waals surface area contributed by atoms with Crippen molar-refractivity contribution in [3.8, 4) is 34.0 Å². The molecule has 0 amide bonds.